The Morgan fingerprint density at radius 1 is 0.532 bits per heavy atom. The van der Waals surface area contributed by atoms with Crippen molar-refractivity contribution in [3.8, 4) is 17.2 Å². The average molecular weight is 650 g/mol. The molecule has 2 rings (SSSR count). The molecule has 0 fully saturated rings. The first-order valence-electron chi connectivity index (χ1n) is 19.4. The third-order valence-electron chi connectivity index (χ3n) is 8.91. The molecule has 5 nitrogen and oxygen atoms in total. The van der Waals surface area contributed by atoms with E-state index >= 15 is 0 Å². The van der Waals surface area contributed by atoms with E-state index in [-0.39, 0.29) is 5.75 Å². The largest absolute Gasteiger partial charge is 0.504 e. The van der Waals surface area contributed by atoms with Gasteiger partial charge in [0.15, 0.2) is 17.2 Å². The lowest BCUT2D eigenvalue weighted by Crippen LogP contribution is -2.03. The molecule has 0 heterocycles. The molecule has 0 unspecified atom stereocenters. The van der Waals surface area contributed by atoms with Crippen LogP contribution < -0.4 is 14.9 Å². The van der Waals surface area contributed by atoms with Crippen LogP contribution in [0.15, 0.2) is 52.3 Å². The van der Waals surface area contributed by atoms with Crippen molar-refractivity contribution in [3.05, 3.63) is 58.3 Å². The minimum Gasteiger partial charge on any atom is -0.504 e. The molecule has 0 amide bonds. The molecule has 0 aliphatic rings. The summed E-state index contributed by atoms with van der Waals surface area (Å²) in [4.78, 5) is 16.2. The molecule has 0 saturated heterocycles. The molecule has 0 saturated carbocycles. The lowest BCUT2D eigenvalue weighted by Gasteiger charge is -2.14. The SMILES string of the molecule is CCCCCCCCCCCCCCOc1ccc(C=Nc2ccc(O)c(=O)cc2)cc1OCCCCCCCCCCCCCC. The monoisotopic (exact) mass is 650 g/mol. The van der Waals surface area contributed by atoms with Crippen LogP contribution >= 0.6 is 0 Å². The summed E-state index contributed by atoms with van der Waals surface area (Å²) < 4.78 is 12.5. The second kappa shape index (κ2) is 28.2. The Labute approximate surface area is 287 Å². The van der Waals surface area contributed by atoms with Crippen LogP contribution in [0, 0.1) is 0 Å². The fraction of sp³-hybridized carbons (Fsp3) is 0.667. The van der Waals surface area contributed by atoms with Crippen molar-refractivity contribution >= 4 is 11.9 Å². The number of hydrogen-bond donors (Lipinski definition) is 1. The van der Waals surface area contributed by atoms with Gasteiger partial charge in [0, 0.05) is 6.21 Å². The first kappa shape index (κ1) is 40.4. The van der Waals surface area contributed by atoms with Gasteiger partial charge in [0.25, 0.3) is 0 Å². The molecule has 2 aromatic carbocycles. The van der Waals surface area contributed by atoms with Crippen molar-refractivity contribution in [1.82, 2.24) is 0 Å². The molecule has 0 aromatic heterocycles. The van der Waals surface area contributed by atoms with Gasteiger partial charge in [0.1, 0.15) is 0 Å². The van der Waals surface area contributed by atoms with E-state index in [0.717, 1.165) is 29.9 Å². The van der Waals surface area contributed by atoms with Gasteiger partial charge in [-0.05, 0) is 60.9 Å². The van der Waals surface area contributed by atoms with E-state index in [1.54, 1.807) is 18.3 Å². The molecule has 0 spiro atoms. The maximum Gasteiger partial charge on any atom is 0.220 e. The van der Waals surface area contributed by atoms with Gasteiger partial charge in [-0.15, -0.1) is 0 Å². The Hall–Kier alpha value is -2.82. The summed E-state index contributed by atoms with van der Waals surface area (Å²) in [6.45, 7) is 5.92. The van der Waals surface area contributed by atoms with E-state index in [0.29, 0.717) is 18.9 Å². The number of rotatable bonds is 30. The highest BCUT2D eigenvalue weighted by molar-refractivity contribution is 5.83. The van der Waals surface area contributed by atoms with E-state index in [9.17, 15) is 9.90 Å². The molecule has 264 valence electrons. The van der Waals surface area contributed by atoms with E-state index in [1.807, 2.05) is 18.2 Å². The van der Waals surface area contributed by atoms with Crippen LogP contribution in [0.4, 0.5) is 5.69 Å². The van der Waals surface area contributed by atoms with Gasteiger partial charge in [-0.3, -0.25) is 9.79 Å². The highest BCUT2D eigenvalue weighted by atomic mass is 16.5. The van der Waals surface area contributed by atoms with Gasteiger partial charge < -0.3 is 14.6 Å². The fourth-order valence-corrected chi connectivity index (χ4v) is 5.87. The van der Waals surface area contributed by atoms with Crippen molar-refractivity contribution in [2.75, 3.05) is 13.2 Å². The van der Waals surface area contributed by atoms with Crippen molar-refractivity contribution in [2.45, 2.75) is 168 Å². The molecule has 0 radical (unpaired) electrons. The van der Waals surface area contributed by atoms with Gasteiger partial charge in [-0.1, -0.05) is 155 Å². The molecule has 1 N–H and O–H groups in total. The van der Waals surface area contributed by atoms with Gasteiger partial charge >= 0.3 is 0 Å². The average Bonchev–Trinajstić information content (AvgIpc) is 3.24. The summed E-state index contributed by atoms with van der Waals surface area (Å²) in [5, 5.41) is 9.67. The van der Waals surface area contributed by atoms with Gasteiger partial charge in [-0.2, -0.15) is 0 Å². The normalized spacial score (nSPS) is 11.4. The van der Waals surface area contributed by atoms with Crippen LogP contribution in [0.25, 0.3) is 0 Å². The van der Waals surface area contributed by atoms with Crippen LogP contribution in [0.2, 0.25) is 0 Å². The van der Waals surface area contributed by atoms with Crippen LogP contribution in [-0.4, -0.2) is 24.5 Å². The summed E-state index contributed by atoms with van der Waals surface area (Å²) >= 11 is 0. The molecule has 0 bridgehead atoms. The standard InChI is InChI=1S/C42H67NO4/c1-3-5-7-9-11-13-15-17-19-21-23-25-33-46-41-32-27-37(36-43-38-28-30-39(44)40(45)31-29-38)35-42(41)47-34-26-24-22-20-18-16-14-12-10-8-6-4-2/h27-32,35-36H,3-26,33-34H2,1-2H3,(H,44,45). The molecule has 2 aromatic rings. The zero-order chi connectivity index (χ0) is 33.6. The van der Waals surface area contributed by atoms with Gasteiger partial charge in [0.2, 0.25) is 5.43 Å². The number of aromatic hydroxyl groups is 1. The zero-order valence-electron chi connectivity index (χ0n) is 30.1. The molecular formula is C42H67NO4. The Morgan fingerprint density at radius 2 is 0.957 bits per heavy atom. The maximum atomic E-state index is 11.7. The fourth-order valence-electron chi connectivity index (χ4n) is 5.87. The number of aliphatic imine (C=N–C) groups is 1. The van der Waals surface area contributed by atoms with Crippen molar-refractivity contribution in [1.29, 1.82) is 0 Å². The van der Waals surface area contributed by atoms with Crippen LogP contribution in [0.1, 0.15) is 174 Å². The third-order valence-corrected chi connectivity index (χ3v) is 8.91. The summed E-state index contributed by atoms with van der Waals surface area (Å²) in [5.41, 5.74) is 1.06. The summed E-state index contributed by atoms with van der Waals surface area (Å²) in [6.07, 6.45) is 33.5. The smallest absolute Gasteiger partial charge is 0.220 e. The van der Waals surface area contributed by atoms with E-state index < -0.39 is 5.43 Å². The van der Waals surface area contributed by atoms with Crippen LogP contribution in [0.5, 0.6) is 17.2 Å². The van der Waals surface area contributed by atoms with Gasteiger partial charge in [-0.25, -0.2) is 0 Å². The quantitative estimate of drug-likeness (QED) is 0.0675. The Morgan fingerprint density at radius 3 is 1.45 bits per heavy atom. The molecule has 0 aliphatic heterocycles. The topological polar surface area (TPSA) is 68.1 Å². The van der Waals surface area contributed by atoms with Gasteiger partial charge in [0.05, 0.1) is 18.9 Å². The molecule has 47 heavy (non-hydrogen) atoms. The summed E-state index contributed by atoms with van der Waals surface area (Å²) in [5.74, 6) is 1.26. The number of ether oxygens (including phenoxy) is 2. The first-order valence-corrected chi connectivity index (χ1v) is 19.4. The molecule has 0 atom stereocenters. The predicted molar refractivity (Wildman–Crippen MR) is 201 cm³/mol. The number of nitrogens with zero attached hydrogens (tertiary/aromatic N) is 1. The first-order chi connectivity index (χ1) is 23.1. The van der Waals surface area contributed by atoms with E-state index in [1.165, 1.54) is 153 Å². The highest BCUT2D eigenvalue weighted by Gasteiger charge is 2.07. The lowest BCUT2D eigenvalue weighted by atomic mass is 10.1. The van der Waals surface area contributed by atoms with Crippen molar-refractivity contribution in [3.63, 3.8) is 0 Å². The zero-order valence-corrected chi connectivity index (χ0v) is 30.1. The molecule has 0 aliphatic carbocycles. The highest BCUT2D eigenvalue weighted by Crippen LogP contribution is 2.29. The molecule has 5 heteroatoms. The molecular weight excluding hydrogens is 582 g/mol. The van der Waals surface area contributed by atoms with E-state index in [4.69, 9.17) is 9.47 Å². The Kier molecular flexibility index (Phi) is 24.2. The summed E-state index contributed by atoms with van der Waals surface area (Å²) in [7, 11) is 0. The second-order valence-electron chi connectivity index (χ2n) is 13.3. The lowest BCUT2D eigenvalue weighted by molar-refractivity contribution is 0.258. The van der Waals surface area contributed by atoms with Crippen LogP contribution in [0.3, 0.4) is 0 Å². The predicted octanol–water partition coefficient (Wildman–Crippen LogP) is 12.7. The number of benzene rings is 1. The van der Waals surface area contributed by atoms with Crippen molar-refractivity contribution < 1.29 is 14.6 Å². The van der Waals surface area contributed by atoms with E-state index in [2.05, 4.69) is 18.8 Å². The second-order valence-corrected chi connectivity index (χ2v) is 13.3. The third kappa shape index (κ3) is 20.9. The Balaban J connectivity index is 1.76. The maximum absolute atomic E-state index is 11.7. The van der Waals surface area contributed by atoms with Crippen LogP contribution in [-0.2, 0) is 0 Å². The minimum atomic E-state index is -0.422. The number of hydrogen-bond acceptors (Lipinski definition) is 5. The van der Waals surface area contributed by atoms with Crippen molar-refractivity contribution in [2.24, 2.45) is 4.99 Å². The summed E-state index contributed by atoms with van der Waals surface area (Å²) in [6, 6.07) is 11.9. The minimum absolute atomic E-state index is 0.283. The number of unbranched alkanes of at least 4 members (excludes halogenated alkanes) is 22. The Bertz CT molecular complexity index is 1130.